The summed E-state index contributed by atoms with van der Waals surface area (Å²) in [5, 5.41) is 19.3. The molecule has 0 unspecified atom stereocenters. The molecule has 1 aromatic carbocycles. The first-order valence-electron chi connectivity index (χ1n) is 10.0. The first-order valence-corrected chi connectivity index (χ1v) is 10.0. The molecular weight excluding hydrogens is 352 g/mol. The van der Waals surface area contributed by atoms with Crippen LogP contribution in [0, 0.1) is 5.41 Å². The molecule has 2 aromatic rings. The maximum absolute atomic E-state index is 11.7. The van der Waals surface area contributed by atoms with Gasteiger partial charge < -0.3 is 14.8 Å². The number of aromatic nitrogens is 2. The average Bonchev–Trinajstić information content (AvgIpc) is 3.06. The lowest BCUT2D eigenvalue weighted by Crippen LogP contribution is -2.15. The number of carboxylic acids is 1. The Morgan fingerprint density at radius 3 is 2.25 bits per heavy atom. The summed E-state index contributed by atoms with van der Waals surface area (Å²) in [7, 11) is 0. The number of aliphatic carboxylic acids is 1. The minimum absolute atomic E-state index is 0.219. The molecule has 0 saturated heterocycles. The summed E-state index contributed by atoms with van der Waals surface area (Å²) >= 11 is 0. The van der Waals surface area contributed by atoms with Crippen LogP contribution in [-0.4, -0.2) is 25.7 Å². The van der Waals surface area contributed by atoms with Crippen LogP contribution in [0.15, 0.2) is 36.0 Å². The quantitative estimate of drug-likeness (QED) is 0.669. The molecule has 0 spiro atoms. The molecule has 3 rings (SSSR count). The Balaban J connectivity index is 2.19. The van der Waals surface area contributed by atoms with Crippen molar-refractivity contribution in [2.24, 2.45) is 5.41 Å². The van der Waals surface area contributed by atoms with Gasteiger partial charge in [0.25, 0.3) is 0 Å². The van der Waals surface area contributed by atoms with E-state index in [1.165, 1.54) is 19.3 Å². The number of aromatic hydroxyl groups is 1. The molecule has 5 heteroatoms. The number of allylic oxidation sites excluding steroid dienone is 1. The Bertz CT molecular complexity index is 880. The Morgan fingerprint density at radius 2 is 1.71 bits per heavy atom. The standard InChI is InChI=1S/C23H30N2O3/c1-15(22(27)28)20(23(2,3)4)19-14-25(17-8-6-5-7-9-17)21(24-19)16-10-12-18(26)13-11-16/h10-14,17,26H,5-9H2,1-4H3,(H,27,28)/b20-15-. The van der Waals surface area contributed by atoms with Gasteiger partial charge in [0, 0.05) is 23.4 Å². The second kappa shape index (κ2) is 7.82. The van der Waals surface area contributed by atoms with Crippen molar-refractivity contribution in [3.05, 3.63) is 41.7 Å². The molecule has 1 aliphatic carbocycles. The molecular formula is C23H30N2O3. The minimum atomic E-state index is -0.914. The zero-order valence-corrected chi connectivity index (χ0v) is 17.2. The summed E-state index contributed by atoms with van der Waals surface area (Å²) in [6, 6.07) is 7.43. The second-order valence-corrected chi connectivity index (χ2v) is 8.75. The summed E-state index contributed by atoms with van der Waals surface area (Å²) in [5.41, 5.74) is 2.39. The van der Waals surface area contributed by atoms with Crippen molar-refractivity contribution < 1.29 is 15.0 Å². The Kier molecular flexibility index (Phi) is 5.64. The molecule has 0 radical (unpaired) electrons. The van der Waals surface area contributed by atoms with E-state index in [0.29, 0.717) is 11.6 Å². The van der Waals surface area contributed by atoms with Crippen LogP contribution < -0.4 is 0 Å². The summed E-state index contributed by atoms with van der Waals surface area (Å²) in [5.74, 6) is 0.141. The SMILES string of the molecule is C/C(C(=O)O)=C(\c1cn(C2CCCCC2)c(-c2ccc(O)cc2)n1)C(C)(C)C. The van der Waals surface area contributed by atoms with Crippen molar-refractivity contribution in [3.63, 3.8) is 0 Å². The van der Waals surface area contributed by atoms with E-state index < -0.39 is 5.97 Å². The van der Waals surface area contributed by atoms with E-state index in [2.05, 4.69) is 4.57 Å². The van der Waals surface area contributed by atoms with E-state index in [1.807, 2.05) is 39.1 Å². The highest BCUT2D eigenvalue weighted by Crippen LogP contribution is 2.40. The average molecular weight is 383 g/mol. The van der Waals surface area contributed by atoms with Crippen LogP contribution >= 0.6 is 0 Å². The molecule has 1 saturated carbocycles. The zero-order valence-electron chi connectivity index (χ0n) is 17.2. The lowest BCUT2D eigenvalue weighted by molar-refractivity contribution is -0.132. The van der Waals surface area contributed by atoms with Crippen LogP contribution in [0.3, 0.4) is 0 Å². The molecule has 150 valence electrons. The highest BCUT2D eigenvalue weighted by atomic mass is 16.4. The Hall–Kier alpha value is -2.56. The van der Waals surface area contributed by atoms with Gasteiger partial charge in [-0.2, -0.15) is 0 Å². The fraction of sp³-hybridized carbons (Fsp3) is 0.478. The van der Waals surface area contributed by atoms with Gasteiger partial charge in [0.2, 0.25) is 0 Å². The van der Waals surface area contributed by atoms with Gasteiger partial charge in [-0.05, 0) is 55.0 Å². The van der Waals surface area contributed by atoms with Crippen LogP contribution in [0.25, 0.3) is 17.0 Å². The number of carbonyl (C=O) groups is 1. The van der Waals surface area contributed by atoms with Gasteiger partial charge in [-0.15, -0.1) is 0 Å². The first kappa shape index (κ1) is 20.2. The topological polar surface area (TPSA) is 75.3 Å². The molecule has 0 aliphatic heterocycles. The summed E-state index contributed by atoms with van der Waals surface area (Å²) in [6.07, 6.45) is 7.90. The molecule has 5 nitrogen and oxygen atoms in total. The van der Waals surface area contributed by atoms with E-state index in [0.717, 1.165) is 35.5 Å². The maximum Gasteiger partial charge on any atom is 0.331 e. The normalized spacial score (nSPS) is 16.7. The van der Waals surface area contributed by atoms with Crippen molar-refractivity contribution in [1.29, 1.82) is 0 Å². The van der Waals surface area contributed by atoms with Crippen molar-refractivity contribution >= 4 is 11.5 Å². The van der Waals surface area contributed by atoms with Gasteiger partial charge >= 0.3 is 5.97 Å². The van der Waals surface area contributed by atoms with Crippen LogP contribution in [0.4, 0.5) is 0 Å². The molecule has 28 heavy (non-hydrogen) atoms. The van der Waals surface area contributed by atoms with Crippen LogP contribution in [0.2, 0.25) is 0 Å². The van der Waals surface area contributed by atoms with Gasteiger partial charge in [0.1, 0.15) is 11.6 Å². The monoisotopic (exact) mass is 382 g/mol. The third-order valence-corrected chi connectivity index (χ3v) is 5.53. The summed E-state index contributed by atoms with van der Waals surface area (Å²) in [6.45, 7) is 7.72. The fourth-order valence-corrected chi connectivity index (χ4v) is 4.22. The van der Waals surface area contributed by atoms with Crippen LogP contribution in [-0.2, 0) is 4.79 Å². The van der Waals surface area contributed by atoms with Crippen LogP contribution in [0.1, 0.15) is 71.5 Å². The molecule has 0 amide bonds. The number of rotatable bonds is 4. The molecule has 1 aliphatic rings. The smallest absolute Gasteiger partial charge is 0.331 e. The number of hydrogen-bond donors (Lipinski definition) is 2. The van der Waals surface area contributed by atoms with Crippen LogP contribution in [0.5, 0.6) is 5.75 Å². The van der Waals surface area contributed by atoms with Gasteiger partial charge in [0.15, 0.2) is 0 Å². The van der Waals surface area contributed by atoms with E-state index >= 15 is 0 Å². The van der Waals surface area contributed by atoms with Crippen molar-refractivity contribution in [2.75, 3.05) is 0 Å². The van der Waals surface area contributed by atoms with Gasteiger partial charge in [0.05, 0.1) is 5.69 Å². The van der Waals surface area contributed by atoms with Gasteiger partial charge in [-0.1, -0.05) is 40.0 Å². The fourth-order valence-electron chi connectivity index (χ4n) is 4.22. The lowest BCUT2D eigenvalue weighted by Gasteiger charge is -2.25. The van der Waals surface area contributed by atoms with Gasteiger partial charge in [-0.25, -0.2) is 9.78 Å². The third kappa shape index (κ3) is 4.13. The molecule has 1 heterocycles. The number of carboxylic acid groups (broad SMARTS) is 1. The maximum atomic E-state index is 11.7. The highest BCUT2D eigenvalue weighted by Gasteiger charge is 2.29. The highest BCUT2D eigenvalue weighted by molar-refractivity contribution is 5.96. The number of phenolic OH excluding ortho intramolecular Hbond substituents is 1. The third-order valence-electron chi connectivity index (χ3n) is 5.53. The summed E-state index contributed by atoms with van der Waals surface area (Å²) in [4.78, 5) is 16.7. The number of hydrogen-bond acceptors (Lipinski definition) is 3. The van der Waals surface area contributed by atoms with Crippen molar-refractivity contribution in [1.82, 2.24) is 9.55 Å². The summed E-state index contributed by atoms with van der Waals surface area (Å²) < 4.78 is 2.22. The first-order chi connectivity index (χ1) is 13.2. The minimum Gasteiger partial charge on any atom is -0.508 e. The van der Waals surface area contributed by atoms with E-state index in [9.17, 15) is 15.0 Å². The van der Waals surface area contributed by atoms with Crippen molar-refractivity contribution in [2.45, 2.75) is 65.8 Å². The predicted octanol–water partition coefficient (Wildman–Crippen LogP) is 5.67. The largest absolute Gasteiger partial charge is 0.508 e. The second-order valence-electron chi connectivity index (χ2n) is 8.75. The number of phenols is 1. The molecule has 1 aromatic heterocycles. The predicted molar refractivity (Wildman–Crippen MR) is 111 cm³/mol. The molecule has 1 fully saturated rings. The number of nitrogens with zero attached hydrogens (tertiary/aromatic N) is 2. The molecule has 0 bridgehead atoms. The Morgan fingerprint density at radius 1 is 1.11 bits per heavy atom. The number of benzene rings is 1. The lowest BCUT2D eigenvalue weighted by atomic mass is 9.82. The van der Waals surface area contributed by atoms with Crippen molar-refractivity contribution in [3.8, 4) is 17.1 Å². The van der Waals surface area contributed by atoms with E-state index in [-0.39, 0.29) is 11.2 Å². The number of imidazole rings is 1. The van der Waals surface area contributed by atoms with E-state index in [1.54, 1.807) is 19.1 Å². The molecule has 0 atom stereocenters. The molecule has 2 N–H and O–H groups in total. The van der Waals surface area contributed by atoms with Gasteiger partial charge in [-0.3, -0.25) is 0 Å². The van der Waals surface area contributed by atoms with E-state index in [4.69, 9.17) is 4.98 Å². The zero-order chi connectivity index (χ0) is 20.5. The Labute approximate surface area is 166 Å².